The largest absolute Gasteiger partial charge is 0.206 e. The molecule has 0 fully saturated rings. The molecule has 0 amide bonds. The molecule has 22 heavy (non-hydrogen) atoms. The van der Waals surface area contributed by atoms with Gasteiger partial charge in [-0.25, -0.2) is 17.6 Å². The second-order valence-corrected chi connectivity index (χ2v) is 6.79. The van der Waals surface area contributed by atoms with Crippen molar-refractivity contribution in [2.24, 2.45) is 11.8 Å². The molecule has 0 spiro atoms. The van der Waals surface area contributed by atoms with Crippen LogP contribution in [0.5, 0.6) is 0 Å². The maximum Gasteiger partial charge on any atom is 0.195 e. The van der Waals surface area contributed by atoms with Crippen molar-refractivity contribution in [1.82, 2.24) is 0 Å². The van der Waals surface area contributed by atoms with Crippen molar-refractivity contribution < 1.29 is 17.6 Å². The Morgan fingerprint density at radius 2 is 0.955 bits per heavy atom. The van der Waals surface area contributed by atoms with Gasteiger partial charge in [0, 0.05) is 11.1 Å². The molecule has 0 unspecified atom stereocenters. The molecule has 4 heteroatoms. The minimum atomic E-state index is -1.54. The van der Waals surface area contributed by atoms with Crippen LogP contribution in [-0.2, 0) is 12.8 Å². The zero-order valence-electron chi connectivity index (χ0n) is 13.9. The fourth-order valence-electron chi connectivity index (χ4n) is 2.55. The smallest absolute Gasteiger partial charge is 0.195 e. The molecule has 0 saturated carbocycles. The molecule has 0 radical (unpaired) electrons. The second kappa shape index (κ2) is 8.54. The van der Waals surface area contributed by atoms with E-state index in [0.29, 0.717) is 24.7 Å². The lowest BCUT2D eigenvalue weighted by molar-refractivity contribution is 0.408. The van der Waals surface area contributed by atoms with E-state index in [1.165, 1.54) is 0 Å². The summed E-state index contributed by atoms with van der Waals surface area (Å²) in [5.41, 5.74) is -0.613. The van der Waals surface area contributed by atoms with Gasteiger partial charge in [-0.2, -0.15) is 0 Å². The second-order valence-electron chi connectivity index (χ2n) is 6.79. The number of halogens is 4. The third-order valence-corrected chi connectivity index (χ3v) is 3.86. The first kappa shape index (κ1) is 19.0. The van der Waals surface area contributed by atoms with Crippen molar-refractivity contribution in [1.29, 1.82) is 0 Å². The number of rotatable bonds is 8. The lowest BCUT2D eigenvalue weighted by atomic mass is 9.96. The Balaban J connectivity index is 2.98. The Hall–Kier alpha value is -1.06. The molecule has 0 bridgehead atoms. The van der Waals surface area contributed by atoms with Crippen LogP contribution in [0.25, 0.3) is 0 Å². The summed E-state index contributed by atoms with van der Waals surface area (Å²) in [6, 6.07) is 0. The molecular weight excluding hydrogens is 292 g/mol. The Morgan fingerprint density at radius 3 is 1.27 bits per heavy atom. The standard InChI is InChI=1S/C18H26F4/c1-11(2)7-5-9-13-15(19)14(10-6-8-12(3)4)17(21)18(22)16(13)20/h11-12H,5-10H2,1-4H3. The zero-order chi connectivity index (χ0) is 16.9. The first-order valence-electron chi connectivity index (χ1n) is 8.09. The van der Waals surface area contributed by atoms with E-state index in [0.717, 1.165) is 12.8 Å². The summed E-state index contributed by atoms with van der Waals surface area (Å²) in [7, 11) is 0. The molecule has 0 aliphatic heterocycles. The normalized spacial score (nSPS) is 11.7. The van der Waals surface area contributed by atoms with Gasteiger partial charge in [0.2, 0.25) is 0 Å². The molecule has 0 aliphatic rings. The van der Waals surface area contributed by atoms with Crippen LogP contribution in [0.15, 0.2) is 0 Å². The van der Waals surface area contributed by atoms with Gasteiger partial charge < -0.3 is 0 Å². The van der Waals surface area contributed by atoms with Crippen LogP contribution in [0.1, 0.15) is 64.5 Å². The summed E-state index contributed by atoms with van der Waals surface area (Å²) in [6.07, 6.45) is 2.90. The highest BCUT2D eigenvalue weighted by atomic mass is 19.2. The summed E-state index contributed by atoms with van der Waals surface area (Å²) >= 11 is 0. The number of benzene rings is 1. The molecule has 1 aromatic carbocycles. The SMILES string of the molecule is CC(C)CCCc1c(F)c(F)c(F)c(CCCC(C)C)c1F. The monoisotopic (exact) mass is 318 g/mol. The van der Waals surface area contributed by atoms with E-state index in [4.69, 9.17) is 0 Å². The van der Waals surface area contributed by atoms with Crippen LogP contribution in [0.4, 0.5) is 17.6 Å². The highest BCUT2D eigenvalue weighted by Crippen LogP contribution is 2.27. The molecule has 0 saturated heterocycles. The summed E-state index contributed by atoms with van der Waals surface area (Å²) in [5.74, 6) is -4.37. The third kappa shape index (κ3) is 4.99. The zero-order valence-corrected chi connectivity index (χ0v) is 13.9. The predicted molar refractivity (Wildman–Crippen MR) is 81.8 cm³/mol. The van der Waals surface area contributed by atoms with Gasteiger partial charge in [-0.05, 0) is 37.5 Å². The minimum Gasteiger partial charge on any atom is -0.206 e. The summed E-state index contributed by atoms with van der Waals surface area (Å²) in [4.78, 5) is 0. The fourth-order valence-corrected chi connectivity index (χ4v) is 2.55. The third-order valence-electron chi connectivity index (χ3n) is 3.86. The van der Waals surface area contributed by atoms with Crippen molar-refractivity contribution in [3.63, 3.8) is 0 Å². The Kier molecular flexibility index (Phi) is 7.37. The highest BCUT2D eigenvalue weighted by molar-refractivity contribution is 5.30. The molecule has 0 heterocycles. The first-order valence-corrected chi connectivity index (χ1v) is 8.09. The van der Waals surface area contributed by atoms with E-state index in [1.807, 2.05) is 27.7 Å². The molecule has 0 N–H and O–H groups in total. The highest BCUT2D eigenvalue weighted by Gasteiger charge is 2.24. The van der Waals surface area contributed by atoms with Gasteiger partial charge in [-0.15, -0.1) is 0 Å². The molecule has 126 valence electrons. The van der Waals surface area contributed by atoms with E-state index < -0.39 is 23.3 Å². The fraction of sp³-hybridized carbons (Fsp3) is 0.667. The van der Waals surface area contributed by atoms with E-state index in [-0.39, 0.29) is 24.0 Å². The summed E-state index contributed by atoms with van der Waals surface area (Å²) in [6.45, 7) is 8.04. The van der Waals surface area contributed by atoms with Gasteiger partial charge in [0.15, 0.2) is 17.5 Å². The van der Waals surface area contributed by atoms with Crippen LogP contribution in [0.3, 0.4) is 0 Å². The quantitative estimate of drug-likeness (QED) is 0.304. The van der Waals surface area contributed by atoms with Gasteiger partial charge >= 0.3 is 0 Å². The van der Waals surface area contributed by atoms with Crippen molar-refractivity contribution in [2.75, 3.05) is 0 Å². The van der Waals surface area contributed by atoms with Crippen molar-refractivity contribution >= 4 is 0 Å². The van der Waals surface area contributed by atoms with Gasteiger partial charge in [0.1, 0.15) is 5.82 Å². The average Bonchev–Trinajstić information content (AvgIpc) is 2.43. The van der Waals surface area contributed by atoms with E-state index >= 15 is 0 Å². The molecule has 1 aromatic rings. The van der Waals surface area contributed by atoms with Crippen LogP contribution in [0, 0.1) is 35.1 Å². The number of hydrogen-bond donors (Lipinski definition) is 0. The molecule has 0 atom stereocenters. The lowest BCUT2D eigenvalue weighted by Gasteiger charge is -2.13. The molecule has 0 aliphatic carbocycles. The summed E-state index contributed by atoms with van der Waals surface area (Å²) < 4.78 is 55.7. The van der Waals surface area contributed by atoms with Crippen molar-refractivity contribution in [3.8, 4) is 0 Å². The van der Waals surface area contributed by atoms with Crippen molar-refractivity contribution in [3.05, 3.63) is 34.4 Å². The Bertz CT molecular complexity index is 451. The van der Waals surface area contributed by atoms with Crippen LogP contribution in [0.2, 0.25) is 0 Å². The van der Waals surface area contributed by atoms with Crippen LogP contribution in [-0.4, -0.2) is 0 Å². The van der Waals surface area contributed by atoms with Crippen LogP contribution >= 0.6 is 0 Å². The predicted octanol–water partition coefficient (Wildman–Crippen LogP) is 6.20. The van der Waals surface area contributed by atoms with Gasteiger partial charge in [0.25, 0.3) is 0 Å². The lowest BCUT2D eigenvalue weighted by Crippen LogP contribution is -2.09. The first-order chi connectivity index (χ1) is 10.3. The minimum absolute atomic E-state index is 0.101. The topological polar surface area (TPSA) is 0 Å². The molecule has 0 nitrogen and oxygen atoms in total. The van der Waals surface area contributed by atoms with E-state index in [2.05, 4.69) is 0 Å². The summed E-state index contributed by atoms with van der Waals surface area (Å²) in [5, 5.41) is 0. The van der Waals surface area contributed by atoms with Crippen molar-refractivity contribution in [2.45, 2.75) is 66.2 Å². The molecule has 0 aromatic heterocycles. The van der Waals surface area contributed by atoms with Gasteiger partial charge in [-0.1, -0.05) is 40.5 Å². The van der Waals surface area contributed by atoms with Gasteiger partial charge in [0.05, 0.1) is 0 Å². The van der Waals surface area contributed by atoms with E-state index in [1.54, 1.807) is 0 Å². The van der Waals surface area contributed by atoms with E-state index in [9.17, 15) is 17.6 Å². The molecular formula is C18H26F4. The van der Waals surface area contributed by atoms with Gasteiger partial charge in [-0.3, -0.25) is 0 Å². The molecule has 1 rings (SSSR count). The van der Waals surface area contributed by atoms with Crippen LogP contribution < -0.4 is 0 Å². The number of hydrogen-bond acceptors (Lipinski definition) is 0. The maximum atomic E-state index is 14.4. The Labute approximate surface area is 130 Å². The maximum absolute atomic E-state index is 14.4. The Morgan fingerprint density at radius 1 is 0.591 bits per heavy atom. The average molecular weight is 318 g/mol.